The second-order valence-electron chi connectivity index (χ2n) is 18.7. The monoisotopic (exact) mass is 986 g/mol. The molecule has 3 aromatic carbocycles. The normalized spacial score (nSPS) is 13.9. The number of aromatic nitrogens is 3. The van der Waals surface area contributed by atoms with Crippen LogP contribution in [-0.2, 0) is 57.6 Å². The predicted molar refractivity (Wildman–Crippen MR) is 275 cm³/mol. The Bertz CT molecular complexity index is 2880. The molecule has 0 saturated heterocycles. The number of carbonyl (C=O) groups excluding carboxylic acids is 8. The molecule has 72 heavy (non-hydrogen) atoms. The van der Waals surface area contributed by atoms with E-state index in [-0.39, 0.29) is 50.0 Å². The average Bonchev–Trinajstić information content (AvgIpc) is 4.09. The third-order valence-corrected chi connectivity index (χ3v) is 12.9. The number of hydrogen-bond donors (Lipinski definition) is 11. The summed E-state index contributed by atoms with van der Waals surface area (Å²) in [6, 6.07) is 17.5. The number of benzene rings is 3. The van der Waals surface area contributed by atoms with Gasteiger partial charge in [-0.25, -0.2) is 0 Å². The van der Waals surface area contributed by atoms with E-state index >= 15 is 0 Å². The number of hydrogen-bond acceptors (Lipinski definition) is 8. The first-order chi connectivity index (χ1) is 34.5. The SMILES string of the molecule is CC[C@H](C)[C@H](NC(=O)[C@H](Cc1c[nH]c2ccccc12)NC(=O)CNC(=O)[C@@H](NC(=O)[C@H](Cc1c[nH]c2ccccc12)NC(=O)CCCCNC(=O)[C@H](Cc1c[nH]c2ccccc12)NC(C)=O)C(C)C)C(N)=O. The highest BCUT2D eigenvalue weighted by Crippen LogP contribution is 2.22. The molecule has 382 valence electrons. The first kappa shape index (κ1) is 53.4. The number of amides is 8. The molecule has 0 spiro atoms. The van der Waals surface area contributed by atoms with E-state index < -0.39 is 78.1 Å². The van der Waals surface area contributed by atoms with Gasteiger partial charge in [0.25, 0.3) is 0 Å². The lowest BCUT2D eigenvalue weighted by Gasteiger charge is -2.26. The summed E-state index contributed by atoms with van der Waals surface area (Å²) in [5.74, 6) is -5.19. The summed E-state index contributed by atoms with van der Waals surface area (Å²) in [5, 5.41) is 21.9. The highest BCUT2D eigenvalue weighted by molar-refractivity contribution is 5.96. The minimum absolute atomic E-state index is 0.0291. The molecule has 8 amide bonds. The molecule has 6 rings (SSSR count). The first-order valence-electron chi connectivity index (χ1n) is 24.5. The van der Waals surface area contributed by atoms with E-state index in [9.17, 15) is 38.4 Å². The molecule has 0 aliphatic rings. The van der Waals surface area contributed by atoms with E-state index in [0.29, 0.717) is 19.3 Å². The maximum Gasteiger partial charge on any atom is 0.243 e. The van der Waals surface area contributed by atoms with Crippen molar-refractivity contribution < 1.29 is 38.4 Å². The van der Waals surface area contributed by atoms with Gasteiger partial charge >= 0.3 is 0 Å². The van der Waals surface area contributed by atoms with Gasteiger partial charge in [-0.2, -0.15) is 0 Å². The summed E-state index contributed by atoms with van der Waals surface area (Å²) < 4.78 is 0. The van der Waals surface area contributed by atoms with Gasteiger partial charge in [-0.3, -0.25) is 38.4 Å². The molecule has 6 aromatic rings. The van der Waals surface area contributed by atoms with Crippen LogP contribution < -0.4 is 43.0 Å². The van der Waals surface area contributed by atoms with Crippen molar-refractivity contribution >= 4 is 80.0 Å². The lowest BCUT2D eigenvalue weighted by molar-refractivity contribution is -0.134. The maximum absolute atomic E-state index is 14.2. The number of unbranched alkanes of at least 4 members (excludes halogenated alkanes) is 1. The summed E-state index contributed by atoms with van der Waals surface area (Å²) in [6.45, 7) is 8.15. The number of aromatic amines is 3. The van der Waals surface area contributed by atoms with Gasteiger partial charge in [0.05, 0.1) is 6.54 Å². The standard InChI is InChI=1S/C53H67N11O8/c1-6-31(4)48(49(54)68)64-52(71)44(25-35-28-58-41-20-12-9-17-38(35)41)62-46(67)29-59-53(72)47(30(2)3)63-51(70)43(24-34-27-57-40-19-11-8-16-37(34)40)61-45(66)21-13-14-22-55-50(69)42(60-32(5)65)23-33-26-56-39-18-10-7-15-36(33)39/h7-12,15-20,26-28,30-31,42-44,47-48,56-58H,6,13-14,21-25,29H2,1-5H3,(H2,54,68)(H,55,69)(H,59,72)(H,60,65)(H,61,66)(H,62,67)(H,63,70)(H,64,71)/t31-,42-,43-,44-,47-,48-/m0/s1. The van der Waals surface area contributed by atoms with E-state index in [1.54, 1.807) is 33.2 Å². The van der Waals surface area contributed by atoms with E-state index in [0.717, 1.165) is 49.4 Å². The van der Waals surface area contributed by atoms with Crippen LogP contribution in [0.15, 0.2) is 91.4 Å². The van der Waals surface area contributed by atoms with Gasteiger partial charge in [-0.05, 0) is 59.6 Å². The van der Waals surface area contributed by atoms with E-state index in [2.05, 4.69) is 52.2 Å². The number of rotatable bonds is 26. The second-order valence-corrected chi connectivity index (χ2v) is 18.7. The Morgan fingerprint density at radius 3 is 1.42 bits per heavy atom. The molecule has 0 unspecified atom stereocenters. The number of nitrogens with one attached hydrogen (secondary N) is 10. The molecule has 0 saturated carbocycles. The zero-order valence-electron chi connectivity index (χ0n) is 41.4. The van der Waals surface area contributed by atoms with Crippen molar-refractivity contribution in [2.45, 2.75) is 110 Å². The number of nitrogens with two attached hydrogens (primary N) is 1. The number of fused-ring (bicyclic) bond motifs is 3. The van der Waals surface area contributed by atoms with Crippen molar-refractivity contribution in [3.05, 3.63) is 108 Å². The molecule has 6 atom stereocenters. The van der Waals surface area contributed by atoms with Gasteiger partial charge in [-0.1, -0.05) is 88.7 Å². The Morgan fingerprint density at radius 2 is 0.972 bits per heavy atom. The van der Waals surface area contributed by atoms with E-state index in [1.807, 2.05) is 85.9 Å². The van der Waals surface area contributed by atoms with Crippen molar-refractivity contribution in [2.75, 3.05) is 13.1 Å². The van der Waals surface area contributed by atoms with Crippen LogP contribution in [0, 0.1) is 11.8 Å². The fraction of sp³-hybridized carbons (Fsp3) is 0.396. The Balaban J connectivity index is 1.06. The van der Waals surface area contributed by atoms with Crippen LogP contribution in [-0.4, -0.2) is 106 Å². The van der Waals surface area contributed by atoms with Crippen LogP contribution in [0.2, 0.25) is 0 Å². The van der Waals surface area contributed by atoms with Crippen molar-refractivity contribution in [2.24, 2.45) is 17.6 Å². The second kappa shape index (κ2) is 25.2. The molecule has 0 bridgehead atoms. The highest BCUT2D eigenvalue weighted by atomic mass is 16.2. The van der Waals surface area contributed by atoms with Crippen LogP contribution in [0.25, 0.3) is 32.7 Å². The van der Waals surface area contributed by atoms with Gasteiger partial charge in [0.1, 0.15) is 30.2 Å². The lowest BCUT2D eigenvalue weighted by Crippen LogP contribution is -2.58. The Morgan fingerprint density at radius 1 is 0.528 bits per heavy atom. The third kappa shape index (κ3) is 14.3. The Hall–Kier alpha value is -7.96. The van der Waals surface area contributed by atoms with Crippen LogP contribution in [0.4, 0.5) is 0 Å². The number of primary amides is 1. The minimum atomic E-state index is -1.16. The minimum Gasteiger partial charge on any atom is -0.368 e. The molecule has 3 aromatic heterocycles. The molecule has 3 heterocycles. The van der Waals surface area contributed by atoms with E-state index in [1.165, 1.54) is 6.92 Å². The molecule has 0 fully saturated rings. The number of carbonyl (C=O) groups is 8. The van der Waals surface area contributed by atoms with Crippen molar-refractivity contribution in [3.63, 3.8) is 0 Å². The predicted octanol–water partition coefficient (Wildman–Crippen LogP) is 3.19. The Kier molecular flexibility index (Phi) is 18.7. The zero-order chi connectivity index (χ0) is 51.9. The van der Waals surface area contributed by atoms with Gasteiger partial charge < -0.3 is 57.9 Å². The highest BCUT2D eigenvalue weighted by Gasteiger charge is 2.32. The summed E-state index contributed by atoms with van der Waals surface area (Å²) in [4.78, 5) is 116. The largest absolute Gasteiger partial charge is 0.368 e. The Labute approximate surface area is 417 Å². The maximum atomic E-state index is 14.2. The van der Waals surface area contributed by atoms with E-state index in [4.69, 9.17) is 5.73 Å². The molecule has 0 aliphatic heterocycles. The molecular weight excluding hydrogens is 919 g/mol. The van der Waals surface area contributed by atoms with Crippen molar-refractivity contribution in [1.29, 1.82) is 0 Å². The molecule has 0 radical (unpaired) electrons. The summed E-state index contributed by atoms with van der Waals surface area (Å²) >= 11 is 0. The quantitative estimate of drug-likeness (QED) is 0.0358. The smallest absolute Gasteiger partial charge is 0.243 e. The molecule has 0 aliphatic carbocycles. The van der Waals surface area contributed by atoms with Gasteiger partial charge in [-0.15, -0.1) is 0 Å². The summed E-state index contributed by atoms with van der Waals surface area (Å²) in [7, 11) is 0. The zero-order valence-corrected chi connectivity index (χ0v) is 41.4. The molecule has 12 N–H and O–H groups in total. The van der Waals surface area contributed by atoms with Crippen molar-refractivity contribution in [1.82, 2.24) is 52.2 Å². The summed E-state index contributed by atoms with van der Waals surface area (Å²) in [5.41, 5.74) is 10.6. The number of para-hydroxylation sites is 3. The van der Waals surface area contributed by atoms with Crippen LogP contribution in [0.3, 0.4) is 0 Å². The van der Waals surface area contributed by atoms with Crippen LogP contribution in [0.1, 0.15) is 77.0 Å². The van der Waals surface area contributed by atoms with Crippen LogP contribution in [0.5, 0.6) is 0 Å². The summed E-state index contributed by atoms with van der Waals surface area (Å²) in [6.07, 6.45) is 7.14. The van der Waals surface area contributed by atoms with Gasteiger partial charge in [0.15, 0.2) is 0 Å². The lowest BCUT2D eigenvalue weighted by atomic mass is 9.97. The van der Waals surface area contributed by atoms with Crippen LogP contribution >= 0.6 is 0 Å². The number of H-pyrrole nitrogens is 3. The molecule has 19 nitrogen and oxygen atoms in total. The molecule has 19 heteroatoms. The third-order valence-electron chi connectivity index (χ3n) is 12.9. The average molecular weight is 986 g/mol. The van der Waals surface area contributed by atoms with Gasteiger partial charge in [0, 0.05) is 90.5 Å². The molecular formula is C53H67N11O8. The van der Waals surface area contributed by atoms with Gasteiger partial charge in [0.2, 0.25) is 47.3 Å². The van der Waals surface area contributed by atoms with Crippen molar-refractivity contribution in [3.8, 4) is 0 Å². The first-order valence-corrected chi connectivity index (χ1v) is 24.5. The fourth-order valence-electron chi connectivity index (χ4n) is 8.74. The topological polar surface area (TPSA) is 294 Å². The fourth-order valence-corrected chi connectivity index (χ4v) is 8.74.